The molecule has 6 nitrogen and oxygen atoms in total. The van der Waals surface area contributed by atoms with E-state index in [1.54, 1.807) is 20.3 Å². The van der Waals surface area contributed by atoms with Gasteiger partial charge in [-0.2, -0.15) is 5.10 Å². The number of nitrogens with zero attached hydrogens (tertiary/aromatic N) is 1. The number of para-hydroxylation sites is 1. The van der Waals surface area contributed by atoms with E-state index in [1.165, 1.54) is 0 Å². The smallest absolute Gasteiger partial charge is 0.259 e. The van der Waals surface area contributed by atoms with Gasteiger partial charge in [0.05, 0.1) is 26.5 Å². The number of benzene rings is 2. The highest BCUT2D eigenvalue weighted by Gasteiger charge is 2.07. The Bertz CT molecular complexity index is 772. The van der Waals surface area contributed by atoms with Crippen molar-refractivity contribution in [2.75, 3.05) is 26.1 Å². The van der Waals surface area contributed by atoms with Crippen LogP contribution in [0.5, 0.6) is 11.5 Å². The monoisotopic (exact) mass is 341 g/mol. The fourth-order valence-electron chi connectivity index (χ4n) is 2.26. The summed E-state index contributed by atoms with van der Waals surface area (Å²) >= 11 is 0. The Morgan fingerprint density at radius 3 is 2.48 bits per heavy atom. The maximum absolute atomic E-state index is 12.0. The molecule has 2 aromatic rings. The van der Waals surface area contributed by atoms with Gasteiger partial charge in [0.1, 0.15) is 0 Å². The molecule has 0 heterocycles. The molecular weight excluding hydrogens is 318 g/mol. The number of aryl methyl sites for hydroxylation is 1. The lowest BCUT2D eigenvalue weighted by Crippen LogP contribution is -2.27. The molecule has 0 aliphatic heterocycles. The summed E-state index contributed by atoms with van der Waals surface area (Å²) in [5, 5.41) is 7.23. The lowest BCUT2D eigenvalue weighted by atomic mass is 10.1. The molecule has 0 bridgehead atoms. The minimum atomic E-state index is -0.219. The fourth-order valence-corrected chi connectivity index (χ4v) is 2.26. The van der Waals surface area contributed by atoms with Crippen molar-refractivity contribution in [2.24, 2.45) is 5.10 Å². The predicted octanol–water partition coefficient (Wildman–Crippen LogP) is 2.96. The average molecular weight is 341 g/mol. The number of methoxy groups -OCH3 is 2. The zero-order chi connectivity index (χ0) is 18.2. The first-order chi connectivity index (χ1) is 12.0. The lowest BCUT2D eigenvalue weighted by Gasteiger charge is -2.10. The molecule has 25 heavy (non-hydrogen) atoms. The molecule has 0 aliphatic carbocycles. The number of hydrogen-bond donors (Lipinski definition) is 2. The van der Waals surface area contributed by atoms with E-state index in [1.807, 2.05) is 50.2 Å². The summed E-state index contributed by atoms with van der Waals surface area (Å²) < 4.78 is 10.5. The predicted molar refractivity (Wildman–Crippen MR) is 99.6 cm³/mol. The van der Waals surface area contributed by atoms with Crippen molar-refractivity contribution in [3.8, 4) is 11.5 Å². The quantitative estimate of drug-likeness (QED) is 0.600. The second kappa shape index (κ2) is 8.73. The molecule has 0 saturated heterocycles. The third-order valence-corrected chi connectivity index (χ3v) is 3.73. The minimum Gasteiger partial charge on any atom is -0.493 e. The van der Waals surface area contributed by atoms with E-state index in [4.69, 9.17) is 9.47 Å². The molecule has 0 spiro atoms. The van der Waals surface area contributed by atoms with Gasteiger partial charge in [0.15, 0.2) is 11.5 Å². The molecule has 1 amide bonds. The Hall–Kier alpha value is -3.02. The van der Waals surface area contributed by atoms with Crippen molar-refractivity contribution in [1.29, 1.82) is 0 Å². The minimum absolute atomic E-state index is 0.146. The SMILES string of the molecule is COc1ccc(/C(C)=N/NC(=O)CNc2ccccc2C)cc1OC. The molecule has 0 atom stereocenters. The molecule has 2 N–H and O–H groups in total. The summed E-state index contributed by atoms with van der Waals surface area (Å²) in [4.78, 5) is 12.0. The molecule has 0 fully saturated rings. The summed E-state index contributed by atoms with van der Waals surface area (Å²) in [6, 6.07) is 13.3. The first-order valence-corrected chi connectivity index (χ1v) is 7.90. The van der Waals surface area contributed by atoms with Crippen molar-refractivity contribution >= 4 is 17.3 Å². The number of hydrazone groups is 1. The molecule has 2 aromatic carbocycles. The third-order valence-electron chi connectivity index (χ3n) is 3.73. The molecule has 0 aromatic heterocycles. The Balaban J connectivity index is 1.96. The van der Waals surface area contributed by atoms with Crippen LogP contribution in [0, 0.1) is 6.92 Å². The van der Waals surface area contributed by atoms with E-state index in [0.29, 0.717) is 17.2 Å². The van der Waals surface area contributed by atoms with E-state index in [0.717, 1.165) is 16.8 Å². The van der Waals surface area contributed by atoms with Crippen LogP contribution in [0.4, 0.5) is 5.69 Å². The first kappa shape index (κ1) is 18.3. The van der Waals surface area contributed by atoms with Gasteiger partial charge in [0.2, 0.25) is 0 Å². The van der Waals surface area contributed by atoms with E-state index in [-0.39, 0.29) is 12.5 Å². The highest BCUT2D eigenvalue weighted by atomic mass is 16.5. The van der Waals surface area contributed by atoms with E-state index >= 15 is 0 Å². The van der Waals surface area contributed by atoms with Crippen LogP contribution < -0.4 is 20.2 Å². The summed E-state index contributed by atoms with van der Waals surface area (Å²) in [6.07, 6.45) is 0. The van der Waals surface area contributed by atoms with Crippen molar-refractivity contribution < 1.29 is 14.3 Å². The maximum Gasteiger partial charge on any atom is 0.259 e. The van der Waals surface area contributed by atoms with Gasteiger partial charge < -0.3 is 14.8 Å². The van der Waals surface area contributed by atoms with Gasteiger partial charge >= 0.3 is 0 Å². The van der Waals surface area contributed by atoms with Crippen LogP contribution in [0.1, 0.15) is 18.1 Å². The van der Waals surface area contributed by atoms with Gasteiger partial charge in [-0.25, -0.2) is 5.43 Å². The lowest BCUT2D eigenvalue weighted by molar-refractivity contribution is -0.119. The fraction of sp³-hybridized carbons (Fsp3) is 0.263. The number of rotatable bonds is 7. The van der Waals surface area contributed by atoms with E-state index < -0.39 is 0 Å². The Morgan fingerprint density at radius 2 is 1.80 bits per heavy atom. The van der Waals surface area contributed by atoms with Crippen LogP contribution in [0.3, 0.4) is 0 Å². The summed E-state index contributed by atoms with van der Waals surface area (Å²) in [5.41, 5.74) is 6.07. The molecule has 0 radical (unpaired) electrons. The largest absolute Gasteiger partial charge is 0.493 e. The van der Waals surface area contributed by atoms with Gasteiger partial charge in [-0.1, -0.05) is 18.2 Å². The summed E-state index contributed by atoms with van der Waals surface area (Å²) in [7, 11) is 3.16. The second-order valence-corrected chi connectivity index (χ2v) is 5.47. The van der Waals surface area contributed by atoms with Crippen molar-refractivity contribution in [3.05, 3.63) is 53.6 Å². The van der Waals surface area contributed by atoms with Crippen LogP contribution in [-0.4, -0.2) is 32.4 Å². The van der Waals surface area contributed by atoms with Gasteiger partial charge in [0.25, 0.3) is 5.91 Å². The number of amides is 1. The number of hydrogen-bond acceptors (Lipinski definition) is 5. The first-order valence-electron chi connectivity index (χ1n) is 7.90. The van der Waals surface area contributed by atoms with E-state index in [2.05, 4.69) is 15.8 Å². The summed E-state index contributed by atoms with van der Waals surface area (Å²) in [6.45, 7) is 3.95. The molecular formula is C19H23N3O3. The van der Waals surface area contributed by atoms with Crippen LogP contribution >= 0.6 is 0 Å². The van der Waals surface area contributed by atoms with Gasteiger partial charge in [-0.3, -0.25) is 4.79 Å². The Morgan fingerprint density at radius 1 is 1.08 bits per heavy atom. The van der Waals surface area contributed by atoms with Crippen LogP contribution in [0.15, 0.2) is 47.6 Å². The number of carbonyl (C=O) groups excluding carboxylic acids is 1. The zero-order valence-electron chi connectivity index (χ0n) is 14.9. The number of carbonyl (C=O) groups is 1. The number of nitrogens with one attached hydrogen (secondary N) is 2. The van der Waals surface area contributed by atoms with Crippen molar-refractivity contribution in [3.63, 3.8) is 0 Å². The Kier molecular flexibility index (Phi) is 6.39. The standard InChI is InChI=1S/C19H23N3O3/c1-13-7-5-6-8-16(13)20-12-19(23)22-21-14(2)15-9-10-17(24-3)18(11-15)25-4/h5-11,20H,12H2,1-4H3,(H,22,23)/b21-14+. The average Bonchev–Trinajstić information content (AvgIpc) is 2.64. The van der Waals surface area contributed by atoms with Crippen LogP contribution in [0.2, 0.25) is 0 Å². The van der Waals surface area contributed by atoms with Gasteiger partial charge in [0, 0.05) is 11.3 Å². The zero-order valence-corrected chi connectivity index (χ0v) is 14.9. The van der Waals surface area contributed by atoms with Gasteiger partial charge in [-0.05, 0) is 43.7 Å². The molecule has 0 unspecified atom stereocenters. The van der Waals surface area contributed by atoms with Crippen molar-refractivity contribution in [2.45, 2.75) is 13.8 Å². The highest BCUT2D eigenvalue weighted by Crippen LogP contribution is 2.27. The molecule has 0 aliphatic rings. The molecule has 6 heteroatoms. The second-order valence-electron chi connectivity index (χ2n) is 5.47. The van der Waals surface area contributed by atoms with Crippen molar-refractivity contribution in [1.82, 2.24) is 5.43 Å². The number of anilines is 1. The molecule has 2 rings (SSSR count). The molecule has 0 saturated carbocycles. The van der Waals surface area contributed by atoms with E-state index in [9.17, 15) is 4.79 Å². The third kappa shape index (κ3) is 4.97. The van der Waals surface area contributed by atoms with Crippen LogP contribution in [0.25, 0.3) is 0 Å². The van der Waals surface area contributed by atoms with Crippen LogP contribution in [-0.2, 0) is 4.79 Å². The topological polar surface area (TPSA) is 72.0 Å². The highest BCUT2D eigenvalue weighted by molar-refractivity contribution is 5.99. The molecule has 132 valence electrons. The number of ether oxygens (including phenoxy) is 2. The summed E-state index contributed by atoms with van der Waals surface area (Å²) in [5.74, 6) is 1.04. The Labute approximate surface area is 147 Å². The normalized spacial score (nSPS) is 11.0. The van der Waals surface area contributed by atoms with Gasteiger partial charge in [-0.15, -0.1) is 0 Å². The maximum atomic E-state index is 12.0.